The molecule has 0 amide bonds. The van der Waals surface area contributed by atoms with Gasteiger partial charge in [0.1, 0.15) is 29.5 Å². The number of benzene rings is 2. The molecular weight excluding hydrogens is 458 g/mol. The van der Waals surface area contributed by atoms with Gasteiger partial charge in [-0.25, -0.2) is 9.37 Å². The molecular formula is C17H11Cl2FN6OS2. The summed E-state index contributed by atoms with van der Waals surface area (Å²) in [5, 5.41) is 7.83. The standard InChI is InChI=1S/C17H11Cl2FN6OS2/c18-8-1-2-13(9(3-8)10-6-23-25-16(10)21)27-14-5-12(20)15(4-11(14)19)28-26-17-22-7-24-29-17/h1-7H,(H3,21,23,25)(H,22,24,26). The summed E-state index contributed by atoms with van der Waals surface area (Å²) in [6, 6.07) is 7.66. The molecule has 29 heavy (non-hydrogen) atoms. The summed E-state index contributed by atoms with van der Waals surface area (Å²) in [5.74, 6) is 0.389. The Morgan fingerprint density at radius 3 is 2.76 bits per heavy atom. The van der Waals surface area contributed by atoms with Crippen LogP contribution in [0.25, 0.3) is 11.1 Å². The van der Waals surface area contributed by atoms with E-state index in [2.05, 4.69) is 24.3 Å². The molecule has 2 heterocycles. The topological polar surface area (TPSA) is 102 Å². The zero-order valence-corrected chi connectivity index (χ0v) is 17.5. The minimum absolute atomic E-state index is 0.148. The summed E-state index contributed by atoms with van der Waals surface area (Å²) in [6.07, 6.45) is 2.96. The zero-order valence-electron chi connectivity index (χ0n) is 14.3. The second-order valence-electron chi connectivity index (χ2n) is 5.60. The Balaban J connectivity index is 1.62. The number of aromatic amines is 1. The van der Waals surface area contributed by atoms with E-state index >= 15 is 0 Å². The van der Waals surface area contributed by atoms with Crippen LogP contribution in [0.4, 0.5) is 15.3 Å². The predicted molar refractivity (Wildman–Crippen MR) is 114 cm³/mol. The maximum absolute atomic E-state index is 14.6. The van der Waals surface area contributed by atoms with Crippen LogP contribution in [0.5, 0.6) is 11.5 Å². The molecule has 0 aliphatic rings. The number of anilines is 2. The van der Waals surface area contributed by atoms with Crippen LogP contribution in [0, 0.1) is 5.82 Å². The maximum atomic E-state index is 14.6. The molecule has 12 heteroatoms. The minimum Gasteiger partial charge on any atom is -0.455 e. The Kier molecular flexibility index (Phi) is 5.76. The van der Waals surface area contributed by atoms with Crippen molar-refractivity contribution in [3.63, 3.8) is 0 Å². The first-order valence-electron chi connectivity index (χ1n) is 7.96. The fourth-order valence-electron chi connectivity index (χ4n) is 2.41. The molecule has 0 bridgehead atoms. The zero-order chi connectivity index (χ0) is 20.4. The molecule has 0 fully saturated rings. The first-order chi connectivity index (χ1) is 14.0. The van der Waals surface area contributed by atoms with Crippen LogP contribution in [0.3, 0.4) is 0 Å². The number of aromatic nitrogens is 4. The molecule has 0 aliphatic carbocycles. The molecule has 2 aromatic carbocycles. The van der Waals surface area contributed by atoms with Gasteiger partial charge in [-0.3, -0.25) is 5.10 Å². The van der Waals surface area contributed by atoms with E-state index in [1.54, 1.807) is 24.4 Å². The number of nitrogens with two attached hydrogens (primary N) is 1. The van der Waals surface area contributed by atoms with Gasteiger partial charge in [0, 0.05) is 33.7 Å². The van der Waals surface area contributed by atoms with E-state index in [4.69, 9.17) is 33.7 Å². The van der Waals surface area contributed by atoms with Gasteiger partial charge in [-0.1, -0.05) is 23.2 Å². The molecule has 4 aromatic rings. The lowest BCUT2D eigenvalue weighted by molar-refractivity contribution is 0.476. The number of rotatable bonds is 6. The summed E-state index contributed by atoms with van der Waals surface area (Å²) in [5.41, 5.74) is 7.11. The van der Waals surface area contributed by atoms with Gasteiger partial charge in [-0.15, -0.1) is 0 Å². The average Bonchev–Trinajstić information content (AvgIpc) is 3.36. The summed E-state index contributed by atoms with van der Waals surface area (Å²) < 4.78 is 27.2. The van der Waals surface area contributed by atoms with Crippen LogP contribution in [-0.4, -0.2) is 19.6 Å². The number of ether oxygens (including phenoxy) is 1. The van der Waals surface area contributed by atoms with E-state index in [0.717, 1.165) is 23.5 Å². The SMILES string of the molecule is Nc1[nH]ncc1-c1cc(Cl)ccc1Oc1cc(F)c(SNc2ncns2)cc1Cl. The molecule has 0 spiro atoms. The minimum atomic E-state index is -0.509. The lowest BCUT2D eigenvalue weighted by atomic mass is 10.1. The fourth-order valence-corrected chi connectivity index (χ4v) is 4.00. The number of halogens is 3. The largest absolute Gasteiger partial charge is 0.455 e. The van der Waals surface area contributed by atoms with Crippen LogP contribution < -0.4 is 15.2 Å². The fraction of sp³-hybridized carbons (Fsp3) is 0. The number of nitrogens with one attached hydrogen (secondary N) is 2. The van der Waals surface area contributed by atoms with E-state index in [1.807, 2.05) is 0 Å². The highest BCUT2D eigenvalue weighted by Crippen LogP contribution is 2.40. The van der Waals surface area contributed by atoms with Crippen molar-refractivity contribution >= 4 is 57.6 Å². The van der Waals surface area contributed by atoms with Crippen LogP contribution in [0.15, 0.2) is 47.8 Å². The Bertz CT molecular complexity index is 1160. The predicted octanol–water partition coefficient (Wildman–Crippen LogP) is 5.87. The first-order valence-corrected chi connectivity index (χ1v) is 10.3. The second kappa shape index (κ2) is 8.46. The van der Waals surface area contributed by atoms with Crippen molar-refractivity contribution in [2.24, 2.45) is 0 Å². The third-order valence-electron chi connectivity index (χ3n) is 3.72. The van der Waals surface area contributed by atoms with Crippen molar-refractivity contribution in [2.75, 3.05) is 10.5 Å². The molecule has 0 aliphatic heterocycles. The van der Waals surface area contributed by atoms with E-state index in [-0.39, 0.29) is 15.7 Å². The highest BCUT2D eigenvalue weighted by molar-refractivity contribution is 8.00. The maximum Gasteiger partial charge on any atom is 0.212 e. The highest BCUT2D eigenvalue weighted by atomic mass is 35.5. The first kappa shape index (κ1) is 19.8. The Morgan fingerprint density at radius 2 is 2.03 bits per heavy atom. The van der Waals surface area contributed by atoms with Crippen LogP contribution >= 0.6 is 46.7 Å². The monoisotopic (exact) mass is 468 g/mol. The van der Waals surface area contributed by atoms with Crippen molar-refractivity contribution < 1.29 is 9.13 Å². The van der Waals surface area contributed by atoms with Crippen molar-refractivity contribution in [2.45, 2.75) is 4.90 Å². The van der Waals surface area contributed by atoms with Gasteiger partial charge in [-0.2, -0.15) is 9.47 Å². The third kappa shape index (κ3) is 4.40. The summed E-state index contributed by atoms with van der Waals surface area (Å²) >= 11 is 14.6. The normalized spacial score (nSPS) is 10.9. The van der Waals surface area contributed by atoms with Crippen molar-refractivity contribution in [1.82, 2.24) is 19.6 Å². The van der Waals surface area contributed by atoms with Gasteiger partial charge < -0.3 is 15.2 Å². The molecule has 7 nitrogen and oxygen atoms in total. The lowest BCUT2D eigenvalue weighted by Crippen LogP contribution is -1.94. The molecule has 0 saturated carbocycles. The van der Waals surface area contributed by atoms with Crippen LogP contribution in [0.2, 0.25) is 10.0 Å². The third-order valence-corrected chi connectivity index (χ3v) is 5.78. The molecule has 0 saturated heterocycles. The van der Waals surface area contributed by atoms with Crippen molar-refractivity contribution in [3.8, 4) is 22.6 Å². The van der Waals surface area contributed by atoms with Gasteiger partial charge >= 0.3 is 0 Å². The smallest absolute Gasteiger partial charge is 0.212 e. The molecule has 2 aromatic heterocycles. The number of nitrogens with zero attached hydrogens (tertiary/aromatic N) is 3. The number of H-pyrrole nitrogens is 1. The van der Waals surface area contributed by atoms with Gasteiger partial charge in [-0.05, 0) is 36.2 Å². The number of hydrogen-bond donors (Lipinski definition) is 3. The quantitative estimate of drug-likeness (QED) is 0.304. The molecule has 0 atom stereocenters. The average molecular weight is 469 g/mol. The summed E-state index contributed by atoms with van der Waals surface area (Å²) in [4.78, 5) is 4.26. The van der Waals surface area contributed by atoms with E-state index in [9.17, 15) is 4.39 Å². The van der Waals surface area contributed by atoms with Crippen LogP contribution in [-0.2, 0) is 0 Å². The number of hydrogen-bond acceptors (Lipinski definition) is 8. The van der Waals surface area contributed by atoms with Crippen LogP contribution in [0.1, 0.15) is 0 Å². The Morgan fingerprint density at radius 1 is 1.17 bits per heavy atom. The molecule has 4 N–H and O–H groups in total. The molecule has 0 radical (unpaired) electrons. The van der Waals surface area contributed by atoms with Crippen molar-refractivity contribution in [1.29, 1.82) is 0 Å². The van der Waals surface area contributed by atoms with E-state index in [0.29, 0.717) is 32.8 Å². The van der Waals surface area contributed by atoms with Gasteiger partial charge in [0.2, 0.25) is 5.13 Å². The highest BCUT2D eigenvalue weighted by Gasteiger charge is 2.16. The Hall–Kier alpha value is -2.53. The number of nitrogen functional groups attached to an aromatic ring is 1. The van der Waals surface area contributed by atoms with Crippen molar-refractivity contribution in [3.05, 3.63) is 58.7 Å². The molecule has 4 rings (SSSR count). The molecule has 148 valence electrons. The van der Waals surface area contributed by atoms with Gasteiger partial charge in [0.05, 0.1) is 16.1 Å². The Labute approximate surface area is 182 Å². The lowest BCUT2D eigenvalue weighted by Gasteiger charge is -2.14. The summed E-state index contributed by atoms with van der Waals surface area (Å²) in [7, 11) is 0. The van der Waals surface area contributed by atoms with E-state index < -0.39 is 5.82 Å². The van der Waals surface area contributed by atoms with E-state index in [1.165, 1.54) is 18.5 Å². The molecule has 0 unspecified atom stereocenters. The second-order valence-corrected chi connectivity index (χ2v) is 8.08. The summed E-state index contributed by atoms with van der Waals surface area (Å²) in [6.45, 7) is 0. The van der Waals surface area contributed by atoms with Gasteiger partial charge in [0.25, 0.3) is 0 Å². The van der Waals surface area contributed by atoms with Gasteiger partial charge in [0.15, 0.2) is 0 Å².